The van der Waals surface area contributed by atoms with Crippen molar-refractivity contribution in [2.45, 2.75) is 38.8 Å². The Balaban J connectivity index is 1.65. The van der Waals surface area contributed by atoms with Crippen LogP contribution >= 0.6 is 11.3 Å². The first-order valence-electron chi connectivity index (χ1n) is 6.68. The first-order chi connectivity index (χ1) is 8.33. The maximum absolute atomic E-state index is 4.35. The molecule has 1 unspecified atom stereocenters. The van der Waals surface area contributed by atoms with Gasteiger partial charge in [-0.15, -0.1) is 11.3 Å². The zero-order valence-corrected chi connectivity index (χ0v) is 11.4. The van der Waals surface area contributed by atoms with Gasteiger partial charge in [-0.25, -0.2) is 4.98 Å². The zero-order valence-electron chi connectivity index (χ0n) is 10.6. The molecule has 4 heteroatoms. The van der Waals surface area contributed by atoms with E-state index in [1.807, 2.05) is 16.8 Å². The molecule has 0 radical (unpaired) electrons. The third-order valence-electron chi connectivity index (χ3n) is 4.10. The largest absolute Gasteiger partial charge is 0.299 e. The summed E-state index contributed by atoms with van der Waals surface area (Å²) in [6, 6.07) is 0.825. The molecule has 0 aromatic carbocycles. The zero-order chi connectivity index (χ0) is 11.7. The van der Waals surface area contributed by atoms with Gasteiger partial charge in [-0.2, -0.15) is 0 Å². The predicted molar refractivity (Wildman–Crippen MR) is 71.3 cm³/mol. The van der Waals surface area contributed by atoms with Crippen LogP contribution in [0.4, 0.5) is 0 Å². The molecule has 2 aliphatic rings. The number of aryl methyl sites for hydroxylation is 1. The van der Waals surface area contributed by atoms with Crippen molar-refractivity contribution in [3.8, 4) is 0 Å². The van der Waals surface area contributed by atoms with Crippen LogP contribution in [-0.4, -0.2) is 47.0 Å². The van der Waals surface area contributed by atoms with E-state index in [0.29, 0.717) is 0 Å². The molecule has 3 nitrogen and oxygen atoms in total. The molecule has 0 saturated carbocycles. The van der Waals surface area contributed by atoms with Crippen molar-refractivity contribution in [2.24, 2.45) is 0 Å². The Labute approximate surface area is 107 Å². The van der Waals surface area contributed by atoms with Gasteiger partial charge >= 0.3 is 0 Å². The fraction of sp³-hybridized carbons (Fsp3) is 0.769. The van der Waals surface area contributed by atoms with Gasteiger partial charge in [-0.3, -0.25) is 9.80 Å². The van der Waals surface area contributed by atoms with Gasteiger partial charge in [-0.1, -0.05) is 0 Å². The summed E-state index contributed by atoms with van der Waals surface area (Å²) in [5.74, 6) is 0. The summed E-state index contributed by atoms with van der Waals surface area (Å²) >= 11 is 1.81. The smallest absolute Gasteiger partial charge is 0.0798 e. The number of nitrogens with zero attached hydrogens (tertiary/aromatic N) is 3. The minimum absolute atomic E-state index is 0.825. The lowest BCUT2D eigenvalue weighted by Crippen LogP contribution is -2.36. The van der Waals surface area contributed by atoms with Crippen molar-refractivity contribution in [1.82, 2.24) is 14.8 Å². The monoisotopic (exact) mass is 251 g/mol. The molecule has 0 N–H and O–H groups in total. The van der Waals surface area contributed by atoms with Gasteiger partial charge in [0.2, 0.25) is 0 Å². The molecular weight excluding hydrogens is 230 g/mol. The molecule has 2 fully saturated rings. The molecule has 2 aliphatic heterocycles. The lowest BCUT2D eigenvalue weighted by molar-refractivity contribution is 0.216. The van der Waals surface area contributed by atoms with E-state index in [4.69, 9.17) is 0 Å². The van der Waals surface area contributed by atoms with Crippen LogP contribution in [0.25, 0.3) is 0 Å². The van der Waals surface area contributed by atoms with E-state index in [1.54, 1.807) is 0 Å². The summed E-state index contributed by atoms with van der Waals surface area (Å²) in [6.07, 6.45) is 4.13. The van der Waals surface area contributed by atoms with E-state index in [0.717, 1.165) is 12.6 Å². The molecule has 1 atom stereocenters. The van der Waals surface area contributed by atoms with Crippen LogP contribution < -0.4 is 0 Å². The van der Waals surface area contributed by atoms with Crippen LogP contribution in [-0.2, 0) is 6.54 Å². The Morgan fingerprint density at radius 1 is 1.35 bits per heavy atom. The van der Waals surface area contributed by atoms with Gasteiger partial charge in [0.05, 0.1) is 11.2 Å². The molecule has 0 aliphatic carbocycles. The summed E-state index contributed by atoms with van der Waals surface area (Å²) in [5.41, 5.74) is 3.20. The summed E-state index contributed by atoms with van der Waals surface area (Å²) < 4.78 is 0. The predicted octanol–water partition coefficient (Wildman–Crippen LogP) is 2.12. The minimum Gasteiger partial charge on any atom is -0.299 e. The van der Waals surface area contributed by atoms with Crippen molar-refractivity contribution < 1.29 is 0 Å². The highest BCUT2D eigenvalue weighted by Crippen LogP contribution is 2.23. The van der Waals surface area contributed by atoms with Crippen LogP contribution in [0.2, 0.25) is 0 Å². The number of rotatable bonds is 2. The van der Waals surface area contributed by atoms with Crippen molar-refractivity contribution in [1.29, 1.82) is 0 Å². The van der Waals surface area contributed by atoms with Crippen LogP contribution in [0.15, 0.2) is 5.51 Å². The molecular formula is C13H21N3S. The Morgan fingerprint density at radius 3 is 3.06 bits per heavy atom. The van der Waals surface area contributed by atoms with Gasteiger partial charge in [-0.05, 0) is 45.8 Å². The first kappa shape index (κ1) is 11.6. The number of hydrogen-bond acceptors (Lipinski definition) is 4. The van der Waals surface area contributed by atoms with Crippen molar-refractivity contribution in [3.63, 3.8) is 0 Å². The Bertz CT molecular complexity index is 376. The summed E-state index contributed by atoms with van der Waals surface area (Å²) in [7, 11) is 0. The molecule has 1 aromatic rings. The normalized spacial score (nSPS) is 27.0. The fourth-order valence-corrected chi connectivity index (χ4v) is 3.93. The average molecular weight is 251 g/mol. The lowest BCUT2D eigenvalue weighted by Gasteiger charge is -2.25. The number of fused-ring (bicyclic) bond motifs is 1. The third kappa shape index (κ3) is 2.54. The van der Waals surface area contributed by atoms with E-state index < -0.39 is 0 Å². The molecule has 0 bridgehead atoms. The van der Waals surface area contributed by atoms with E-state index in [1.165, 1.54) is 56.0 Å². The lowest BCUT2D eigenvalue weighted by atomic mass is 10.2. The van der Waals surface area contributed by atoms with Crippen LogP contribution in [0, 0.1) is 6.92 Å². The van der Waals surface area contributed by atoms with Gasteiger partial charge in [0.25, 0.3) is 0 Å². The summed E-state index contributed by atoms with van der Waals surface area (Å²) in [6.45, 7) is 8.40. The average Bonchev–Trinajstić information content (AvgIpc) is 2.86. The highest BCUT2D eigenvalue weighted by Gasteiger charge is 2.28. The Hall–Kier alpha value is -0.450. The van der Waals surface area contributed by atoms with E-state index in [2.05, 4.69) is 21.7 Å². The topological polar surface area (TPSA) is 19.4 Å². The fourth-order valence-electron chi connectivity index (χ4n) is 3.11. The second-order valence-electron chi connectivity index (χ2n) is 5.28. The van der Waals surface area contributed by atoms with Gasteiger partial charge in [0, 0.05) is 24.0 Å². The molecule has 2 saturated heterocycles. The molecule has 0 amide bonds. The van der Waals surface area contributed by atoms with Crippen LogP contribution in [0.1, 0.15) is 29.8 Å². The van der Waals surface area contributed by atoms with E-state index in [-0.39, 0.29) is 0 Å². The third-order valence-corrected chi connectivity index (χ3v) is 5.02. The maximum Gasteiger partial charge on any atom is 0.0798 e. The van der Waals surface area contributed by atoms with Gasteiger partial charge in [0.15, 0.2) is 0 Å². The quantitative estimate of drug-likeness (QED) is 0.802. The van der Waals surface area contributed by atoms with Crippen LogP contribution in [0.5, 0.6) is 0 Å². The SMILES string of the molecule is Cc1ncsc1CN1CCCN2CCCC2C1. The molecule has 0 spiro atoms. The standard InChI is InChI=1S/C13H21N3S/c1-11-13(17-10-14-11)9-15-5-3-7-16-6-2-4-12(16)8-15/h10,12H,2-9H2,1H3. The van der Waals surface area contributed by atoms with Crippen molar-refractivity contribution in [2.75, 3.05) is 26.2 Å². The maximum atomic E-state index is 4.35. The second-order valence-corrected chi connectivity index (χ2v) is 6.22. The Morgan fingerprint density at radius 2 is 2.24 bits per heavy atom. The van der Waals surface area contributed by atoms with Crippen molar-refractivity contribution in [3.05, 3.63) is 16.1 Å². The molecule has 94 valence electrons. The second kappa shape index (κ2) is 5.04. The molecule has 3 rings (SSSR count). The van der Waals surface area contributed by atoms with E-state index in [9.17, 15) is 0 Å². The molecule has 3 heterocycles. The molecule has 17 heavy (non-hydrogen) atoms. The minimum atomic E-state index is 0.825. The van der Waals surface area contributed by atoms with Gasteiger partial charge in [0.1, 0.15) is 0 Å². The number of hydrogen-bond donors (Lipinski definition) is 0. The summed E-state index contributed by atoms with van der Waals surface area (Å²) in [4.78, 5) is 11.1. The first-order valence-corrected chi connectivity index (χ1v) is 7.56. The number of thiazole rings is 1. The van der Waals surface area contributed by atoms with E-state index >= 15 is 0 Å². The Kier molecular flexibility index (Phi) is 3.45. The van der Waals surface area contributed by atoms with Gasteiger partial charge < -0.3 is 0 Å². The number of aromatic nitrogens is 1. The van der Waals surface area contributed by atoms with Crippen molar-refractivity contribution >= 4 is 11.3 Å². The molecule has 1 aromatic heterocycles. The highest BCUT2D eigenvalue weighted by molar-refractivity contribution is 7.09. The summed E-state index contributed by atoms with van der Waals surface area (Å²) in [5, 5.41) is 0. The highest BCUT2D eigenvalue weighted by atomic mass is 32.1. The van der Waals surface area contributed by atoms with Crippen LogP contribution in [0.3, 0.4) is 0 Å².